The second-order valence-electron chi connectivity index (χ2n) is 8.07. The number of carbonyl (C=O) groups excluding carboxylic acids is 2. The van der Waals surface area contributed by atoms with E-state index >= 15 is 0 Å². The minimum Gasteiger partial charge on any atom is -0.496 e. The monoisotopic (exact) mass is 519 g/mol. The van der Waals surface area contributed by atoms with Gasteiger partial charge in [0.05, 0.1) is 17.1 Å². The molecule has 2 aromatic carbocycles. The molecule has 0 radical (unpaired) electrons. The van der Waals surface area contributed by atoms with E-state index in [-0.39, 0.29) is 12.4 Å². The zero-order chi connectivity index (χ0) is 24.2. The topological polar surface area (TPSA) is 76.1 Å². The number of nitrogens with zero attached hydrogens (tertiary/aromatic N) is 1. The summed E-state index contributed by atoms with van der Waals surface area (Å²) in [7, 11) is 2.60. The Labute approximate surface area is 205 Å². The van der Waals surface area contributed by atoms with Gasteiger partial charge in [0, 0.05) is 13.7 Å². The van der Waals surface area contributed by atoms with E-state index in [2.05, 4.69) is 33.0 Å². The number of hydrogen-bond acceptors (Lipinski definition) is 6. The SMILES string of the molecule is CO.COc1ccc(CCN2CCC(Cc3ccc(Br)c(OCC=O)c3)CC2)cc1C(C)=O. The third kappa shape index (κ3) is 8.25. The van der Waals surface area contributed by atoms with Crippen molar-refractivity contribution in [3.8, 4) is 11.5 Å². The zero-order valence-electron chi connectivity index (χ0n) is 19.7. The third-order valence-electron chi connectivity index (χ3n) is 5.89. The highest BCUT2D eigenvalue weighted by atomic mass is 79.9. The van der Waals surface area contributed by atoms with Gasteiger partial charge in [0.25, 0.3) is 0 Å². The fourth-order valence-corrected chi connectivity index (χ4v) is 4.49. The molecule has 0 atom stereocenters. The first-order valence-corrected chi connectivity index (χ1v) is 12.0. The number of aliphatic hydroxyl groups excluding tert-OH is 1. The molecule has 0 amide bonds. The second-order valence-corrected chi connectivity index (χ2v) is 8.93. The van der Waals surface area contributed by atoms with Crippen molar-refractivity contribution in [2.24, 2.45) is 5.92 Å². The van der Waals surface area contributed by atoms with Gasteiger partial charge in [-0.15, -0.1) is 0 Å². The Bertz CT molecular complexity index is 910. The van der Waals surface area contributed by atoms with E-state index in [1.54, 1.807) is 14.0 Å². The maximum atomic E-state index is 11.8. The Kier molecular flexibility index (Phi) is 11.6. The molecule has 3 rings (SSSR count). The van der Waals surface area contributed by atoms with E-state index in [1.165, 1.54) is 24.0 Å². The van der Waals surface area contributed by atoms with Crippen LogP contribution in [0.15, 0.2) is 40.9 Å². The van der Waals surface area contributed by atoms with Gasteiger partial charge in [-0.25, -0.2) is 0 Å². The molecule has 0 bridgehead atoms. The number of rotatable bonds is 10. The van der Waals surface area contributed by atoms with Crippen LogP contribution in [0, 0.1) is 5.92 Å². The molecule has 1 N–H and O–H groups in total. The molecule has 0 unspecified atom stereocenters. The molecule has 6 nitrogen and oxygen atoms in total. The first kappa shape index (κ1) is 27.0. The van der Waals surface area contributed by atoms with Crippen LogP contribution >= 0.6 is 15.9 Å². The summed E-state index contributed by atoms with van der Waals surface area (Å²) in [5.41, 5.74) is 3.08. The van der Waals surface area contributed by atoms with Gasteiger partial charge in [-0.3, -0.25) is 9.59 Å². The van der Waals surface area contributed by atoms with Crippen LogP contribution in [-0.4, -0.2) is 62.5 Å². The van der Waals surface area contributed by atoms with Crippen molar-refractivity contribution >= 4 is 28.0 Å². The van der Waals surface area contributed by atoms with Crippen LogP contribution in [0.1, 0.15) is 41.3 Å². The summed E-state index contributed by atoms with van der Waals surface area (Å²) in [6, 6.07) is 12.1. The zero-order valence-corrected chi connectivity index (χ0v) is 21.3. The largest absolute Gasteiger partial charge is 0.496 e. The summed E-state index contributed by atoms with van der Waals surface area (Å²) < 4.78 is 11.7. The highest BCUT2D eigenvalue weighted by Gasteiger charge is 2.20. The lowest BCUT2D eigenvalue weighted by Crippen LogP contribution is -2.35. The number of Topliss-reactive ketones (excluding diaryl/α,β-unsaturated/α-hetero) is 1. The molecule has 0 spiro atoms. The molecule has 1 aliphatic rings. The van der Waals surface area contributed by atoms with Crippen LogP contribution in [-0.2, 0) is 17.6 Å². The minimum atomic E-state index is 0.0344. The molecule has 2 aromatic rings. The maximum Gasteiger partial charge on any atom is 0.163 e. The maximum absolute atomic E-state index is 11.8. The van der Waals surface area contributed by atoms with Crippen LogP contribution in [0.2, 0.25) is 0 Å². The summed E-state index contributed by atoms with van der Waals surface area (Å²) in [6.07, 6.45) is 5.06. The van der Waals surface area contributed by atoms with E-state index < -0.39 is 0 Å². The van der Waals surface area contributed by atoms with Crippen molar-refractivity contribution in [2.75, 3.05) is 40.5 Å². The third-order valence-corrected chi connectivity index (χ3v) is 6.55. The number of likely N-dealkylation sites (tertiary alicyclic amines) is 1. The molecule has 1 aliphatic heterocycles. The van der Waals surface area contributed by atoms with Gasteiger partial charge >= 0.3 is 0 Å². The predicted molar refractivity (Wildman–Crippen MR) is 133 cm³/mol. The minimum absolute atomic E-state index is 0.0344. The van der Waals surface area contributed by atoms with Crippen LogP contribution in [0.25, 0.3) is 0 Å². The lowest BCUT2D eigenvalue weighted by molar-refractivity contribution is -0.109. The lowest BCUT2D eigenvalue weighted by atomic mass is 9.90. The highest BCUT2D eigenvalue weighted by molar-refractivity contribution is 9.10. The summed E-state index contributed by atoms with van der Waals surface area (Å²) >= 11 is 3.48. The number of methoxy groups -OCH3 is 1. The number of ether oxygens (including phenoxy) is 2. The van der Waals surface area contributed by atoms with E-state index in [0.29, 0.717) is 17.2 Å². The quantitative estimate of drug-likeness (QED) is 0.371. The van der Waals surface area contributed by atoms with E-state index in [0.717, 1.165) is 56.1 Å². The molecule has 180 valence electrons. The van der Waals surface area contributed by atoms with Gasteiger partial charge in [-0.1, -0.05) is 12.1 Å². The number of halogens is 1. The summed E-state index contributed by atoms with van der Waals surface area (Å²) in [6.45, 7) is 4.83. The molecular formula is C26H34BrNO5. The van der Waals surface area contributed by atoms with Crippen LogP contribution in [0.4, 0.5) is 0 Å². The summed E-state index contributed by atoms with van der Waals surface area (Å²) in [5, 5.41) is 7.00. The van der Waals surface area contributed by atoms with Crippen molar-refractivity contribution in [3.63, 3.8) is 0 Å². The van der Waals surface area contributed by atoms with Crippen LogP contribution in [0.3, 0.4) is 0 Å². The number of carbonyl (C=O) groups is 2. The molecule has 0 aliphatic carbocycles. The number of aliphatic hydroxyl groups is 1. The Hall–Kier alpha value is -2.22. The van der Waals surface area contributed by atoms with Gasteiger partial charge in [-0.05, 0) is 103 Å². The molecule has 0 aromatic heterocycles. The van der Waals surface area contributed by atoms with Crippen molar-refractivity contribution in [1.29, 1.82) is 0 Å². The number of piperidine rings is 1. The number of hydrogen-bond donors (Lipinski definition) is 1. The summed E-state index contributed by atoms with van der Waals surface area (Å²) in [4.78, 5) is 24.9. The molecule has 33 heavy (non-hydrogen) atoms. The standard InChI is InChI=1S/C25H30BrNO4.CH4O/c1-18(29)22-16-19(4-6-24(22)30-2)7-10-27-11-8-20(9-12-27)15-21-3-5-23(26)25(17-21)31-14-13-28;1-2/h3-6,13,16-17,20H,7-12,14-15H2,1-2H3;2H,1H3. The highest BCUT2D eigenvalue weighted by Crippen LogP contribution is 2.29. The van der Waals surface area contributed by atoms with Crippen molar-refractivity contribution in [1.82, 2.24) is 4.90 Å². The van der Waals surface area contributed by atoms with Crippen LogP contribution < -0.4 is 9.47 Å². The van der Waals surface area contributed by atoms with Crippen LogP contribution in [0.5, 0.6) is 11.5 Å². The summed E-state index contributed by atoms with van der Waals surface area (Å²) in [5.74, 6) is 2.06. The van der Waals surface area contributed by atoms with Gasteiger partial charge < -0.3 is 19.5 Å². The fourth-order valence-electron chi connectivity index (χ4n) is 4.13. The second kappa shape index (κ2) is 14.1. The van der Waals surface area contributed by atoms with Gasteiger partial charge in [-0.2, -0.15) is 0 Å². The normalized spacial score (nSPS) is 14.2. The molecule has 1 heterocycles. The number of ketones is 1. The Balaban J connectivity index is 0.00000187. The van der Waals surface area contributed by atoms with Gasteiger partial charge in [0.1, 0.15) is 18.1 Å². The Morgan fingerprint density at radius 3 is 2.45 bits per heavy atom. The Morgan fingerprint density at radius 2 is 1.82 bits per heavy atom. The fraction of sp³-hybridized carbons (Fsp3) is 0.462. The Morgan fingerprint density at radius 1 is 1.12 bits per heavy atom. The number of aldehydes is 1. The smallest absolute Gasteiger partial charge is 0.163 e. The average molecular weight is 520 g/mol. The molecular weight excluding hydrogens is 486 g/mol. The average Bonchev–Trinajstić information content (AvgIpc) is 2.85. The molecule has 1 fully saturated rings. The molecule has 1 saturated heterocycles. The predicted octanol–water partition coefficient (Wildman–Crippen LogP) is 4.34. The first-order valence-electron chi connectivity index (χ1n) is 11.2. The van der Waals surface area contributed by atoms with Crippen molar-refractivity contribution < 1.29 is 24.2 Å². The lowest BCUT2D eigenvalue weighted by Gasteiger charge is -2.32. The molecule has 7 heteroatoms. The van der Waals surface area contributed by atoms with Crippen molar-refractivity contribution in [3.05, 3.63) is 57.6 Å². The van der Waals surface area contributed by atoms with E-state index in [1.807, 2.05) is 24.3 Å². The van der Waals surface area contributed by atoms with Gasteiger partial charge in [0.2, 0.25) is 0 Å². The number of benzene rings is 2. The molecule has 0 saturated carbocycles. The van der Waals surface area contributed by atoms with E-state index in [9.17, 15) is 9.59 Å². The van der Waals surface area contributed by atoms with Crippen molar-refractivity contribution in [2.45, 2.75) is 32.6 Å². The van der Waals surface area contributed by atoms with Gasteiger partial charge in [0.15, 0.2) is 12.1 Å². The van der Waals surface area contributed by atoms with E-state index in [4.69, 9.17) is 14.6 Å². The first-order chi connectivity index (χ1) is 16.0.